The number of ether oxygens (including phenoxy) is 2. The Kier molecular flexibility index (Phi) is 4.97. The maximum Gasteiger partial charge on any atom is 0.241 e. The molecule has 6 rings (SSSR count). The molecule has 176 valence electrons. The second-order valence-corrected chi connectivity index (χ2v) is 10.4. The summed E-state index contributed by atoms with van der Waals surface area (Å²) in [5.74, 6) is -0.689. The number of carbonyl (C=O) groups is 2. The lowest BCUT2D eigenvalue weighted by atomic mass is 9.65. The Morgan fingerprint density at radius 3 is 2.58 bits per heavy atom. The molecule has 6 atom stereocenters. The molecule has 2 aliphatic heterocycles. The molecule has 3 aliphatic carbocycles. The standard InChI is InChI=1S/C27H34N2O4/c1-3-33-27-20-13-7-8-14-26(20,16-21(27)28-15-9-12-19(28)17-32-2)22-23(27)25(31)29(24(22)30)18-10-5-4-6-11-18/h4-6,10-11,16,19-20,22-23H,3,7-9,12-15,17H2,1-2H3/t19-,20+,22-,23+,26-,27-/m0/s1. The number of rotatable bonds is 6. The molecule has 6 heteroatoms. The normalized spacial score (nSPS) is 39.3. The fourth-order valence-corrected chi connectivity index (χ4v) is 8.20. The van der Waals surface area contributed by atoms with Crippen molar-refractivity contribution in [3.05, 3.63) is 42.1 Å². The van der Waals surface area contributed by atoms with Gasteiger partial charge in [-0.25, -0.2) is 4.90 Å². The summed E-state index contributed by atoms with van der Waals surface area (Å²) in [6, 6.07) is 9.73. The van der Waals surface area contributed by atoms with Gasteiger partial charge >= 0.3 is 0 Å². The van der Waals surface area contributed by atoms with E-state index < -0.39 is 11.5 Å². The number of amides is 2. The zero-order valence-electron chi connectivity index (χ0n) is 19.7. The summed E-state index contributed by atoms with van der Waals surface area (Å²) < 4.78 is 12.3. The van der Waals surface area contributed by atoms with Crippen LogP contribution in [0.1, 0.15) is 45.4 Å². The Labute approximate surface area is 195 Å². The molecule has 1 aromatic carbocycles. The van der Waals surface area contributed by atoms with Gasteiger partial charge in [0.25, 0.3) is 0 Å². The predicted molar refractivity (Wildman–Crippen MR) is 124 cm³/mol. The number of nitrogens with zero attached hydrogens (tertiary/aromatic N) is 2. The van der Waals surface area contributed by atoms with Crippen molar-refractivity contribution in [3.8, 4) is 0 Å². The third kappa shape index (κ3) is 2.62. The van der Waals surface area contributed by atoms with Crippen molar-refractivity contribution in [2.24, 2.45) is 23.2 Å². The van der Waals surface area contributed by atoms with E-state index in [0.29, 0.717) is 24.9 Å². The smallest absolute Gasteiger partial charge is 0.241 e. The van der Waals surface area contributed by atoms with Gasteiger partial charge in [0.15, 0.2) is 0 Å². The van der Waals surface area contributed by atoms with Crippen molar-refractivity contribution in [3.63, 3.8) is 0 Å². The number of para-hydroxylation sites is 1. The fraction of sp³-hybridized carbons (Fsp3) is 0.630. The minimum atomic E-state index is -0.716. The van der Waals surface area contributed by atoms with Crippen molar-refractivity contribution in [1.29, 1.82) is 0 Å². The lowest BCUT2D eigenvalue weighted by molar-refractivity contribution is -0.136. The highest BCUT2D eigenvalue weighted by Gasteiger charge is 2.80. The van der Waals surface area contributed by atoms with Crippen LogP contribution in [0.25, 0.3) is 0 Å². The molecule has 2 heterocycles. The van der Waals surface area contributed by atoms with Gasteiger partial charge in [0.2, 0.25) is 11.8 Å². The van der Waals surface area contributed by atoms with Crippen LogP contribution in [-0.2, 0) is 19.1 Å². The van der Waals surface area contributed by atoms with E-state index in [-0.39, 0.29) is 29.1 Å². The van der Waals surface area contributed by atoms with Gasteiger partial charge in [-0.2, -0.15) is 0 Å². The van der Waals surface area contributed by atoms with Crippen molar-refractivity contribution >= 4 is 17.5 Å². The van der Waals surface area contributed by atoms with E-state index in [2.05, 4.69) is 11.0 Å². The summed E-state index contributed by atoms with van der Waals surface area (Å²) >= 11 is 0. The fourth-order valence-electron chi connectivity index (χ4n) is 8.20. The molecular formula is C27H34N2O4. The summed E-state index contributed by atoms with van der Waals surface area (Å²) in [5.41, 5.74) is 0.848. The average Bonchev–Trinajstić information content (AvgIpc) is 3.53. The Morgan fingerprint density at radius 1 is 1.03 bits per heavy atom. The Hall–Kier alpha value is -2.18. The molecule has 0 spiro atoms. The second-order valence-electron chi connectivity index (χ2n) is 10.4. The van der Waals surface area contributed by atoms with E-state index >= 15 is 0 Å². The summed E-state index contributed by atoms with van der Waals surface area (Å²) in [6.07, 6.45) is 8.81. The third-order valence-electron chi connectivity index (χ3n) is 9.12. The average molecular weight is 451 g/mol. The maximum absolute atomic E-state index is 14.1. The van der Waals surface area contributed by atoms with Crippen LogP contribution >= 0.6 is 0 Å². The van der Waals surface area contributed by atoms with Gasteiger partial charge in [-0.05, 0) is 44.7 Å². The van der Waals surface area contributed by atoms with Crippen molar-refractivity contribution in [2.75, 3.05) is 31.8 Å². The van der Waals surface area contributed by atoms with Crippen LogP contribution in [0.15, 0.2) is 42.1 Å². The van der Waals surface area contributed by atoms with Crippen LogP contribution in [-0.4, -0.2) is 55.2 Å². The number of hydrogen-bond donors (Lipinski definition) is 0. The highest BCUT2D eigenvalue weighted by atomic mass is 16.5. The maximum atomic E-state index is 14.1. The van der Waals surface area contributed by atoms with E-state index in [9.17, 15) is 9.59 Å². The highest BCUT2D eigenvalue weighted by molar-refractivity contribution is 6.23. The predicted octanol–water partition coefficient (Wildman–Crippen LogP) is 3.77. The lowest BCUT2D eigenvalue weighted by Crippen LogP contribution is -2.53. The van der Waals surface area contributed by atoms with E-state index in [4.69, 9.17) is 9.47 Å². The molecule has 0 aromatic heterocycles. The Morgan fingerprint density at radius 2 is 1.82 bits per heavy atom. The lowest BCUT2D eigenvalue weighted by Gasteiger charge is -2.44. The van der Waals surface area contributed by atoms with E-state index in [0.717, 1.165) is 45.1 Å². The zero-order chi connectivity index (χ0) is 22.8. The van der Waals surface area contributed by atoms with Crippen molar-refractivity contribution < 1.29 is 19.1 Å². The minimum absolute atomic E-state index is 0.0326. The number of imide groups is 1. The SMILES string of the molecule is CCO[C@]12C(N3CCC[C@H]3COC)=C[C@]3(CCCC[C@H]31)[C@@H]1C(=O)N(c3ccccc3)C(=O)[C@@H]12. The van der Waals surface area contributed by atoms with Crippen LogP contribution in [0.3, 0.4) is 0 Å². The quantitative estimate of drug-likeness (QED) is 0.618. The van der Waals surface area contributed by atoms with E-state index in [1.54, 1.807) is 7.11 Å². The number of carbonyl (C=O) groups excluding carboxylic acids is 2. The number of benzene rings is 1. The Bertz CT molecular complexity index is 993. The zero-order valence-corrected chi connectivity index (χ0v) is 19.7. The van der Waals surface area contributed by atoms with Crippen LogP contribution in [0.5, 0.6) is 0 Å². The Balaban J connectivity index is 1.51. The van der Waals surface area contributed by atoms with Crippen molar-refractivity contribution in [1.82, 2.24) is 4.90 Å². The van der Waals surface area contributed by atoms with Crippen LogP contribution in [0.4, 0.5) is 5.69 Å². The summed E-state index contributed by atoms with van der Waals surface area (Å²) in [7, 11) is 1.76. The molecule has 33 heavy (non-hydrogen) atoms. The summed E-state index contributed by atoms with van der Waals surface area (Å²) in [6.45, 7) is 4.19. The summed E-state index contributed by atoms with van der Waals surface area (Å²) in [5, 5.41) is 0. The highest BCUT2D eigenvalue weighted by Crippen LogP contribution is 2.73. The largest absolute Gasteiger partial charge is 0.383 e. The molecule has 5 aliphatic rings. The molecule has 0 unspecified atom stereocenters. The molecular weight excluding hydrogens is 416 g/mol. The molecule has 0 radical (unpaired) electrons. The number of allylic oxidation sites excluding steroid dienone is 1. The minimum Gasteiger partial charge on any atom is -0.383 e. The third-order valence-corrected chi connectivity index (χ3v) is 9.12. The first-order valence-corrected chi connectivity index (χ1v) is 12.7. The first kappa shape index (κ1) is 21.4. The first-order chi connectivity index (χ1) is 16.1. The van der Waals surface area contributed by atoms with Crippen LogP contribution in [0, 0.1) is 23.2 Å². The van der Waals surface area contributed by atoms with Gasteiger partial charge in [0.05, 0.1) is 30.2 Å². The van der Waals surface area contributed by atoms with Gasteiger partial charge in [0, 0.05) is 37.3 Å². The molecule has 4 fully saturated rings. The number of likely N-dealkylation sites (tertiary alicyclic amines) is 1. The van der Waals surface area contributed by atoms with Crippen LogP contribution in [0.2, 0.25) is 0 Å². The molecule has 0 N–H and O–H groups in total. The topological polar surface area (TPSA) is 59.1 Å². The number of anilines is 1. The van der Waals surface area contributed by atoms with E-state index in [1.807, 2.05) is 37.3 Å². The molecule has 2 amide bonds. The number of hydrogen-bond acceptors (Lipinski definition) is 5. The molecule has 2 bridgehead atoms. The molecule has 6 nitrogen and oxygen atoms in total. The summed E-state index contributed by atoms with van der Waals surface area (Å²) in [4.78, 5) is 32.0. The van der Waals surface area contributed by atoms with Gasteiger partial charge < -0.3 is 14.4 Å². The van der Waals surface area contributed by atoms with E-state index in [1.165, 1.54) is 10.6 Å². The monoisotopic (exact) mass is 450 g/mol. The molecule has 2 saturated carbocycles. The van der Waals surface area contributed by atoms with Gasteiger partial charge in [-0.15, -0.1) is 0 Å². The van der Waals surface area contributed by atoms with Crippen molar-refractivity contribution in [2.45, 2.75) is 57.1 Å². The first-order valence-electron chi connectivity index (χ1n) is 12.7. The van der Waals surface area contributed by atoms with Gasteiger partial charge in [0.1, 0.15) is 5.60 Å². The van der Waals surface area contributed by atoms with Gasteiger partial charge in [-0.3, -0.25) is 9.59 Å². The number of methoxy groups -OCH3 is 1. The molecule has 1 aromatic rings. The van der Waals surface area contributed by atoms with Gasteiger partial charge in [-0.1, -0.05) is 37.1 Å². The second kappa shape index (κ2) is 7.67. The van der Waals surface area contributed by atoms with Crippen LogP contribution < -0.4 is 4.90 Å². The molecule has 2 saturated heterocycles. The number of fused-ring (bicyclic) bond motifs is 2.